The number of nitrogens with one attached hydrogen (secondary N) is 1. The quantitative estimate of drug-likeness (QED) is 0.816. The first-order valence-corrected chi connectivity index (χ1v) is 4.83. The summed E-state index contributed by atoms with van der Waals surface area (Å²) in [5.41, 5.74) is 0.314. The van der Waals surface area contributed by atoms with E-state index in [1.807, 2.05) is 5.48 Å². The van der Waals surface area contributed by atoms with Crippen LogP contribution in [0.5, 0.6) is 0 Å². The molecule has 17 heavy (non-hydrogen) atoms. The van der Waals surface area contributed by atoms with Crippen molar-refractivity contribution in [1.29, 1.82) is 0 Å². The molecule has 1 amide bonds. The Hall–Kier alpha value is -1.56. The number of rotatable bonds is 2. The van der Waals surface area contributed by atoms with E-state index in [1.54, 1.807) is 20.8 Å². The predicted octanol–water partition coefficient (Wildman–Crippen LogP) is 2.56. The van der Waals surface area contributed by atoms with E-state index in [0.29, 0.717) is 12.1 Å². The minimum absolute atomic E-state index is 0.426. The molecule has 0 fully saturated rings. The molecule has 0 aromatic heterocycles. The summed E-state index contributed by atoms with van der Waals surface area (Å²) >= 11 is 0. The normalized spacial score (nSPS) is 11.4. The monoisotopic (exact) mass is 247 g/mol. The number of carbonyl (C=O) groups excluding carboxylic acids is 1. The van der Waals surface area contributed by atoms with Crippen molar-refractivity contribution in [2.24, 2.45) is 0 Å². The van der Waals surface area contributed by atoms with Crippen LogP contribution in [-0.2, 0) is 4.84 Å². The van der Waals surface area contributed by atoms with Crippen LogP contribution in [0, 0.1) is 17.5 Å². The molecule has 0 radical (unpaired) electrons. The minimum Gasteiger partial charge on any atom is -0.268 e. The molecule has 1 N–H and O–H groups in total. The summed E-state index contributed by atoms with van der Waals surface area (Å²) in [6.07, 6.45) is 0. The van der Waals surface area contributed by atoms with E-state index >= 15 is 0 Å². The van der Waals surface area contributed by atoms with E-state index in [1.165, 1.54) is 0 Å². The molecule has 94 valence electrons. The highest BCUT2D eigenvalue weighted by Gasteiger charge is 2.21. The number of hydroxylamine groups is 1. The third-order valence-corrected chi connectivity index (χ3v) is 1.68. The van der Waals surface area contributed by atoms with E-state index < -0.39 is 34.5 Å². The van der Waals surface area contributed by atoms with Gasteiger partial charge in [0.1, 0.15) is 23.0 Å². The molecule has 0 aliphatic carbocycles. The SMILES string of the molecule is CC(C)(C)ONC(=O)c1c(F)cc(F)cc1F. The summed E-state index contributed by atoms with van der Waals surface area (Å²) in [6, 6.07) is 0.851. The first-order chi connectivity index (χ1) is 7.70. The second-order valence-electron chi connectivity index (χ2n) is 4.39. The lowest BCUT2D eigenvalue weighted by atomic mass is 10.2. The van der Waals surface area contributed by atoms with Gasteiger partial charge in [0, 0.05) is 12.1 Å². The van der Waals surface area contributed by atoms with Gasteiger partial charge in [-0.25, -0.2) is 18.7 Å². The fourth-order valence-corrected chi connectivity index (χ4v) is 1.01. The topological polar surface area (TPSA) is 38.3 Å². The molecule has 0 aliphatic rings. The standard InChI is InChI=1S/C11H12F3NO2/c1-11(2,3)17-15-10(16)9-7(13)4-6(12)5-8(9)14/h4-5H,1-3H3,(H,15,16). The number of hydrogen-bond donors (Lipinski definition) is 1. The molecule has 0 atom stereocenters. The minimum atomic E-state index is -1.28. The zero-order valence-electron chi connectivity index (χ0n) is 9.61. The van der Waals surface area contributed by atoms with Crippen LogP contribution in [0.2, 0.25) is 0 Å². The van der Waals surface area contributed by atoms with Gasteiger partial charge in [-0.1, -0.05) is 0 Å². The molecule has 0 spiro atoms. The number of amides is 1. The molecular weight excluding hydrogens is 235 g/mol. The molecule has 0 aliphatic heterocycles. The van der Waals surface area contributed by atoms with Gasteiger partial charge in [-0.2, -0.15) is 0 Å². The average Bonchev–Trinajstić information content (AvgIpc) is 2.11. The summed E-state index contributed by atoms with van der Waals surface area (Å²) in [5.74, 6) is -4.75. The van der Waals surface area contributed by atoms with Gasteiger partial charge in [0.25, 0.3) is 5.91 Å². The first kappa shape index (κ1) is 13.5. The number of halogens is 3. The third-order valence-electron chi connectivity index (χ3n) is 1.68. The van der Waals surface area contributed by atoms with Crippen LogP contribution in [0.3, 0.4) is 0 Å². The predicted molar refractivity (Wildman–Crippen MR) is 54.6 cm³/mol. The summed E-state index contributed by atoms with van der Waals surface area (Å²) in [7, 11) is 0. The Balaban J connectivity index is 2.90. The van der Waals surface area contributed by atoms with Crippen molar-refractivity contribution in [3.05, 3.63) is 35.1 Å². The van der Waals surface area contributed by atoms with Crippen molar-refractivity contribution in [2.45, 2.75) is 26.4 Å². The molecule has 3 nitrogen and oxygen atoms in total. The molecule has 0 heterocycles. The fourth-order valence-electron chi connectivity index (χ4n) is 1.01. The maximum absolute atomic E-state index is 13.2. The van der Waals surface area contributed by atoms with Gasteiger partial charge in [0.05, 0.1) is 5.60 Å². The Labute approximate surface area is 96.5 Å². The van der Waals surface area contributed by atoms with Gasteiger partial charge in [-0.15, -0.1) is 0 Å². The largest absolute Gasteiger partial charge is 0.280 e. The average molecular weight is 247 g/mol. The third kappa shape index (κ3) is 3.74. The van der Waals surface area contributed by atoms with E-state index in [2.05, 4.69) is 0 Å². The van der Waals surface area contributed by atoms with Crippen LogP contribution in [0.15, 0.2) is 12.1 Å². The lowest BCUT2D eigenvalue weighted by Crippen LogP contribution is -2.34. The zero-order valence-corrected chi connectivity index (χ0v) is 9.61. The van der Waals surface area contributed by atoms with Crippen LogP contribution in [0.1, 0.15) is 31.1 Å². The lowest BCUT2D eigenvalue weighted by Gasteiger charge is -2.19. The summed E-state index contributed by atoms with van der Waals surface area (Å²) in [5, 5.41) is 0. The molecule has 1 aromatic rings. The highest BCUT2D eigenvalue weighted by Crippen LogP contribution is 2.15. The van der Waals surface area contributed by atoms with Gasteiger partial charge >= 0.3 is 0 Å². The summed E-state index contributed by atoms with van der Waals surface area (Å²) in [6.45, 7) is 4.93. The van der Waals surface area contributed by atoms with Crippen molar-refractivity contribution in [3.63, 3.8) is 0 Å². The van der Waals surface area contributed by atoms with Crippen molar-refractivity contribution in [3.8, 4) is 0 Å². The van der Waals surface area contributed by atoms with Gasteiger partial charge < -0.3 is 0 Å². The van der Waals surface area contributed by atoms with Gasteiger partial charge in [-0.3, -0.25) is 9.63 Å². The van der Waals surface area contributed by atoms with Crippen molar-refractivity contribution in [1.82, 2.24) is 5.48 Å². The number of carbonyl (C=O) groups is 1. The highest BCUT2D eigenvalue weighted by molar-refractivity contribution is 5.94. The summed E-state index contributed by atoms with van der Waals surface area (Å²) < 4.78 is 39.0. The van der Waals surface area contributed by atoms with E-state index in [-0.39, 0.29) is 0 Å². The molecule has 0 saturated carbocycles. The van der Waals surface area contributed by atoms with E-state index in [9.17, 15) is 18.0 Å². The van der Waals surface area contributed by atoms with Crippen LogP contribution in [0.4, 0.5) is 13.2 Å². The zero-order chi connectivity index (χ0) is 13.2. The molecule has 0 saturated heterocycles. The Bertz CT molecular complexity index is 418. The van der Waals surface area contributed by atoms with Crippen LogP contribution in [-0.4, -0.2) is 11.5 Å². The number of benzene rings is 1. The Morgan fingerprint density at radius 3 is 2.06 bits per heavy atom. The highest BCUT2D eigenvalue weighted by atomic mass is 19.1. The van der Waals surface area contributed by atoms with Crippen molar-refractivity contribution >= 4 is 5.91 Å². The molecule has 1 aromatic carbocycles. The maximum Gasteiger partial charge on any atom is 0.280 e. The van der Waals surface area contributed by atoms with Crippen LogP contribution >= 0.6 is 0 Å². The van der Waals surface area contributed by atoms with E-state index in [0.717, 1.165) is 0 Å². The van der Waals surface area contributed by atoms with Crippen LogP contribution in [0.25, 0.3) is 0 Å². The van der Waals surface area contributed by atoms with Gasteiger partial charge in [0.15, 0.2) is 0 Å². The van der Waals surface area contributed by atoms with E-state index in [4.69, 9.17) is 4.84 Å². The fraction of sp³-hybridized carbons (Fsp3) is 0.364. The lowest BCUT2D eigenvalue weighted by molar-refractivity contribution is -0.0592. The summed E-state index contributed by atoms with van der Waals surface area (Å²) in [4.78, 5) is 16.3. The molecule has 0 unspecified atom stereocenters. The molecule has 0 bridgehead atoms. The Morgan fingerprint density at radius 1 is 1.18 bits per heavy atom. The number of hydrogen-bond acceptors (Lipinski definition) is 2. The molecule has 6 heteroatoms. The second kappa shape index (κ2) is 4.75. The Morgan fingerprint density at radius 2 is 1.65 bits per heavy atom. The maximum atomic E-state index is 13.2. The van der Waals surface area contributed by atoms with Gasteiger partial charge in [0.2, 0.25) is 0 Å². The second-order valence-corrected chi connectivity index (χ2v) is 4.39. The van der Waals surface area contributed by atoms with Gasteiger partial charge in [-0.05, 0) is 20.8 Å². The molecular formula is C11H12F3NO2. The Kier molecular flexibility index (Phi) is 3.77. The molecule has 1 rings (SSSR count). The van der Waals surface area contributed by atoms with Crippen LogP contribution < -0.4 is 5.48 Å². The smallest absolute Gasteiger partial charge is 0.268 e. The van der Waals surface area contributed by atoms with Crippen molar-refractivity contribution in [2.75, 3.05) is 0 Å². The van der Waals surface area contributed by atoms with Crippen molar-refractivity contribution < 1.29 is 22.8 Å². The first-order valence-electron chi connectivity index (χ1n) is 4.83.